The normalized spacial score (nSPS) is 14.3. The largest absolute Gasteiger partial charge is 0.344 e. The molecule has 1 aliphatic rings. The third-order valence-electron chi connectivity index (χ3n) is 7.44. The standard InChI is InChI=1S/C32H29N5O2/c1-21(34-31(38)28-22(2)35-36-19-9-18-33-30(28)36)27-20-25-13-8-12-24(17-16-23-10-6-7-11-23)29(25)32(39)37(27)26-14-4-3-5-15-26/h3-5,8-9,12-15,18-21,23H,6-7,10-11H2,1-2H3,(H,34,38). The Morgan fingerprint density at radius 2 is 1.87 bits per heavy atom. The SMILES string of the molecule is Cc1nn2cccnc2c1C(=O)NC(C)c1cc2cccc(C#CC3CCCC3)c2c(=O)n1-c1ccccc1. The second kappa shape index (κ2) is 10.2. The summed E-state index contributed by atoms with van der Waals surface area (Å²) < 4.78 is 3.29. The van der Waals surface area contributed by atoms with Crippen molar-refractivity contribution in [1.82, 2.24) is 24.5 Å². The average molecular weight is 516 g/mol. The first-order chi connectivity index (χ1) is 19.0. The molecule has 1 atom stereocenters. The van der Waals surface area contributed by atoms with E-state index in [1.165, 1.54) is 12.8 Å². The predicted octanol–water partition coefficient (Wildman–Crippen LogP) is 5.37. The number of aryl methyl sites for hydroxylation is 1. The third-order valence-corrected chi connectivity index (χ3v) is 7.44. The summed E-state index contributed by atoms with van der Waals surface area (Å²) in [7, 11) is 0. The van der Waals surface area contributed by atoms with Crippen LogP contribution in [0.5, 0.6) is 0 Å². The van der Waals surface area contributed by atoms with Gasteiger partial charge in [-0.25, -0.2) is 9.50 Å². The zero-order valence-electron chi connectivity index (χ0n) is 22.0. The molecule has 3 heterocycles. The lowest BCUT2D eigenvalue weighted by Gasteiger charge is -2.21. The number of amides is 1. The van der Waals surface area contributed by atoms with E-state index in [4.69, 9.17) is 0 Å². The summed E-state index contributed by atoms with van der Waals surface area (Å²) in [6, 6.07) is 18.6. The number of fused-ring (bicyclic) bond motifs is 2. The number of hydrogen-bond acceptors (Lipinski definition) is 4. The lowest BCUT2D eigenvalue weighted by molar-refractivity contribution is 0.0939. The Morgan fingerprint density at radius 3 is 2.67 bits per heavy atom. The van der Waals surface area contributed by atoms with E-state index in [1.54, 1.807) is 34.5 Å². The summed E-state index contributed by atoms with van der Waals surface area (Å²) >= 11 is 0. The van der Waals surface area contributed by atoms with Crippen LogP contribution in [0.15, 0.2) is 77.9 Å². The van der Waals surface area contributed by atoms with Gasteiger partial charge in [0.2, 0.25) is 0 Å². The monoisotopic (exact) mass is 515 g/mol. The molecule has 1 amide bonds. The zero-order chi connectivity index (χ0) is 26.9. The maximum absolute atomic E-state index is 14.2. The van der Waals surface area contributed by atoms with Crippen molar-refractivity contribution in [2.24, 2.45) is 5.92 Å². The van der Waals surface area contributed by atoms with Crippen LogP contribution in [0.25, 0.3) is 22.1 Å². The fourth-order valence-electron chi connectivity index (χ4n) is 5.50. The smallest absolute Gasteiger partial charge is 0.264 e. The third kappa shape index (κ3) is 4.59. The van der Waals surface area contributed by atoms with Gasteiger partial charge in [0.15, 0.2) is 5.65 Å². The van der Waals surface area contributed by atoms with Crippen LogP contribution >= 0.6 is 0 Å². The highest BCUT2D eigenvalue weighted by Gasteiger charge is 2.23. The van der Waals surface area contributed by atoms with Gasteiger partial charge in [-0.3, -0.25) is 14.2 Å². The molecule has 3 aromatic heterocycles. The van der Waals surface area contributed by atoms with Crippen molar-refractivity contribution in [1.29, 1.82) is 0 Å². The van der Waals surface area contributed by atoms with Crippen LogP contribution in [0.1, 0.15) is 66.0 Å². The minimum atomic E-state index is -0.485. The maximum atomic E-state index is 14.2. The van der Waals surface area contributed by atoms with Crippen LogP contribution in [0.4, 0.5) is 0 Å². The van der Waals surface area contributed by atoms with Gasteiger partial charge in [-0.15, -0.1) is 0 Å². The van der Waals surface area contributed by atoms with Gasteiger partial charge in [-0.1, -0.05) is 55.0 Å². The lowest BCUT2D eigenvalue weighted by Crippen LogP contribution is -2.32. The summed E-state index contributed by atoms with van der Waals surface area (Å²) in [5.41, 5.74) is 3.49. The Hall–Kier alpha value is -4.70. The van der Waals surface area contributed by atoms with E-state index < -0.39 is 6.04 Å². The van der Waals surface area contributed by atoms with Crippen LogP contribution in [0, 0.1) is 24.7 Å². The van der Waals surface area contributed by atoms with Gasteiger partial charge >= 0.3 is 0 Å². The summed E-state index contributed by atoms with van der Waals surface area (Å²) in [4.78, 5) is 32.0. The minimum Gasteiger partial charge on any atom is -0.344 e. The number of hydrogen-bond donors (Lipinski definition) is 1. The van der Waals surface area contributed by atoms with E-state index >= 15 is 0 Å². The molecule has 1 N–H and O–H groups in total. The van der Waals surface area contributed by atoms with Gasteiger partial charge in [-0.2, -0.15) is 5.10 Å². The number of carbonyl (C=O) groups excluding carboxylic acids is 1. The molecule has 2 aromatic carbocycles. The first-order valence-corrected chi connectivity index (χ1v) is 13.4. The molecule has 7 heteroatoms. The van der Waals surface area contributed by atoms with Crippen LogP contribution in [-0.2, 0) is 0 Å². The van der Waals surface area contributed by atoms with E-state index in [1.807, 2.05) is 61.5 Å². The maximum Gasteiger partial charge on any atom is 0.264 e. The van der Waals surface area contributed by atoms with Gasteiger partial charge in [-0.05, 0) is 62.4 Å². The van der Waals surface area contributed by atoms with E-state index in [-0.39, 0.29) is 11.5 Å². The van der Waals surface area contributed by atoms with Crippen molar-refractivity contribution >= 4 is 22.3 Å². The summed E-state index contributed by atoms with van der Waals surface area (Å²) in [5, 5.41) is 8.90. The van der Waals surface area contributed by atoms with Gasteiger partial charge in [0.1, 0.15) is 5.56 Å². The zero-order valence-corrected chi connectivity index (χ0v) is 22.0. The molecule has 1 saturated carbocycles. The van der Waals surface area contributed by atoms with Crippen molar-refractivity contribution < 1.29 is 4.79 Å². The number of benzene rings is 2. The van der Waals surface area contributed by atoms with Crippen molar-refractivity contribution in [3.8, 4) is 17.5 Å². The number of carbonyl (C=O) groups is 1. The topological polar surface area (TPSA) is 81.3 Å². The van der Waals surface area contributed by atoms with Crippen LogP contribution in [-0.4, -0.2) is 25.1 Å². The van der Waals surface area contributed by atoms with Gasteiger partial charge in [0, 0.05) is 35.3 Å². The highest BCUT2D eigenvalue weighted by Crippen LogP contribution is 2.26. The Morgan fingerprint density at radius 1 is 1.08 bits per heavy atom. The molecule has 0 saturated heterocycles. The summed E-state index contributed by atoms with van der Waals surface area (Å²) in [6.45, 7) is 3.68. The van der Waals surface area contributed by atoms with Gasteiger partial charge in [0.25, 0.3) is 11.5 Å². The van der Waals surface area contributed by atoms with Crippen LogP contribution < -0.4 is 10.9 Å². The second-order valence-corrected chi connectivity index (χ2v) is 10.1. The molecular weight excluding hydrogens is 486 g/mol. The fraction of sp³-hybridized carbons (Fsp3) is 0.250. The molecule has 5 aromatic rings. The minimum absolute atomic E-state index is 0.153. The Balaban J connectivity index is 1.46. The number of para-hydroxylation sites is 1. The number of pyridine rings is 1. The van der Waals surface area contributed by atoms with Crippen molar-refractivity contribution in [3.63, 3.8) is 0 Å². The average Bonchev–Trinajstić information content (AvgIpc) is 3.59. The summed E-state index contributed by atoms with van der Waals surface area (Å²) in [6.07, 6.45) is 8.07. The Labute approximate surface area is 226 Å². The molecule has 1 fully saturated rings. The molecule has 0 spiro atoms. The van der Waals surface area contributed by atoms with Crippen LogP contribution in [0.2, 0.25) is 0 Å². The number of rotatable bonds is 4. The Bertz CT molecular complexity index is 1820. The van der Waals surface area contributed by atoms with E-state index in [0.29, 0.717) is 33.9 Å². The molecule has 0 aliphatic heterocycles. The highest BCUT2D eigenvalue weighted by atomic mass is 16.2. The first kappa shape index (κ1) is 24.6. The molecule has 6 rings (SSSR count). The van der Waals surface area contributed by atoms with Crippen molar-refractivity contribution in [2.75, 3.05) is 0 Å². The molecule has 194 valence electrons. The van der Waals surface area contributed by atoms with Crippen LogP contribution in [0.3, 0.4) is 0 Å². The van der Waals surface area contributed by atoms with Crippen molar-refractivity contribution in [3.05, 3.63) is 106 Å². The first-order valence-electron chi connectivity index (χ1n) is 13.4. The molecule has 0 bridgehead atoms. The number of aromatic nitrogens is 4. The van der Waals surface area contributed by atoms with E-state index in [9.17, 15) is 9.59 Å². The van der Waals surface area contributed by atoms with Gasteiger partial charge < -0.3 is 5.32 Å². The highest BCUT2D eigenvalue weighted by molar-refractivity contribution is 6.01. The lowest BCUT2D eigenvalue weighted by atomic mass is 10.0. The predicted molar refractivity (Wildman–Crippen MR) is 152 cm³/mol. The molecule has 1 aliphatic carbocycles. The van der Waals surface area contributed by atoms with Crippen molar-refractivity contribution in [2.45, 2.75) is 45.6 Å². The summed E-state index contributed by atoms with van der Waals surface area (Å²) in [5.74, 6) is 6.83. The number of nitrogens with zero attached hydrogens (tertiary/aromatic N) is 4. The molecule has 39 heavy (non-hydrogen) atoms. The number of nitrogens with one attached hydrogen (secondary N) is 1. The molecular formula is C32H29N5O2. The molecule has 0 radical (unpaired) electrons. The fourth-order valence-corrected chi connectivity index (χ4v) is 5.50. The van der Waals surface area contributed by atoms with E-state index in [2.05, 4.69) is 27.2 Å². The molecule has 7 nitrogen and oxygen atoms in total. The Kier molecular flexibility index (Phi) is 6.45. The quantitative estimate of drug-likeness (QED) is 0.326. The molecule has 1 unspecified atom stereocenters. The van der Waals surface area contributed by atoms with Gasteiger partial charge in [0.05, 0.1) is 17.1 Å². The second-order valence-electron chi connectivity index (χ2n) is 10.1. The van der Waals surface area contributed by atoms with E-state index in [0.717, 1.165) is 29.5 Å².